The average molecular weight is 447 g/mol. The molecule has 2 fully saturated rings. The van der Waals surface area contributed by atoms with Crippen molar-refractivity contribution in [1.82, 2.24) is 0 Å². The van der Waals surface area contributed by atoms with Crippen molar-refractivity contribution in [3.05, 3.63) is 108 Å². The van der Waals surface area contributed by atoms with Gasteiger partial charge in [-0.1, -0.05) is 84.9 Å². The fourth-order valence-electron chi connectivity index (χ4n) is 6.31. The lowest BCUT2D eigenvalue weighted by Gasteiger charge is -2.41. The van der Waals surface area contributed by atoms with Gasteiger partial charge in [-0.15, -0.1) is 0 Å². The molecule has 0 bridgehead atoms. The Bertz CT molecular complexity index is 1430. The van der Waals surface area contributed by atoms with E-state index >= 15 is 0 Å². The first-order valence-corrected chi connectivity index (χ1v) is 12.3. The van der Waals surface area contributed by atoms with Crippen LogP contribution in [0, 0.1) is 17.3 Å². The predicted molar refractivity (Wildman–Crippen MR) is 139 cm³/mol. The third-order valence-corrected chi connectivity index (χ3v) is 8.41. The zero-order chi connectivity index (χ0) is 23.4. The second-order valence-corrected chi connectivity index (χ2v) is 10.4. The summed E-state index contributed by atoms with van der Waals surface area (Å²) in [5.41, 5.74) is 2.79. The number of rotatable bonds is 3. The van der Waals surface area contributed by atoms with Crippen LogP contribution in [0.3, 0.4) is 0 Å². The van der Waals surface area contributed by atoms with E-state index in [1.54, 1.807) is 0 Å². The zero-order valence-corrected chi connectivity index (χ0v) is 19.8. The molecule has 4 aromatic carbocycles. The maximum Gasteiger partial charge on any atom is 0.142 e. The highest BCUT2D eigenvalue weighted by molar-refractivity contribution is 5.89. The van der Waals surface area contributed by atoms with E-state index in [4.69, 9.17) is 4.74 Å². The van der Waals surface area contributed by atoms with E-state index in [1.807, 2.05) is 0 Å². The number of ketones is 1. The summed E-state index contributed by atoms with van der Waals surface area (Å²) in [6.07, 6.45) is 1.09. The SMILES string of the molecule is C=C(C)[C@H]1CC(=O)[C@]2(C)[C@H](c3ccc4ccccc4c3)O[C@H](c3ccc4ccccc4c3)[C@@H]2C1. The molecule has 2 nitrogen and oxygen atoms in total. The van der Waals surface area contributed by atoms with Crippen LogP contribution >= 0.6 is 0 Å². The predicted octanol–water partition coefficient (Wildman–Crippen LogP) is 7.98. The van der Waals surface area contributed by atoms with Crippen LogP contribution in [0.4, 0.5) is 0 Å². The first-order valence-electron chi connectivity index (χ1n) is 12.3. The molecule has 2 heteroatoms. The van der Waals surface area contributed by atoms with Crippen LogP contribution in [0.25, 0.3) is 21.5 Å². The summed E-state index contributed by atoms with van der Waals surface area (Å²) in [4.78, 5) is 13.8. The van der Waals surface area contributed by atoms with Crippen LogP contribution < -0.4 is 0 Å². The highest BCUT2D eigenvalue weighted by Crippen LogP contribution is 2.63. The van der Waals surface area contributed by atoms with Gasteiger partial charge in [-0.05, 0) is 71.0 Å². The van der Waals surface area contributed by atoms with Crippen molar-refractivity contribution in [2.75, 3.05) is 0 Å². The van der Waals surface area contributed by atoms with Crippen molar-refractivity contribution >= 4 is 27.3 Å². The third kappa shape index (κ3) is 3.24. The summed E-state index contributed by atoms with van der Waals surface area (Å²) < 4.78 is 6.93. The Labute approximate surface area is 201 Å². The molecule has 6 rings (SSSR count). The molecular weight excluding hydrogens is 416 g/mol. The maximum atomic E-state index is 13.8. The summed E-state index contributed by atoms with van der Waals surface area (Å²) in [7, 11) is 0. The first kappa shape index (κ1) is 21.3. The van der Waals surface area contributed by atoms with Crippen molar-refractivity contribution in [3.8, 4) is 0 Å². The number of benzene rings is 4. The summed E-state index contributed by atoms with van der Waals surface area (Å²) in [6.45, 7) is 8.41. The minimum absolute atomic E-state index is 0.105. The summed E-state index contributed by atoms with van der Waals surface area (Å²) in [5.74, 6) is 0.624. The second-order valence-electron chi connectivity index (χ2n) is 10.4. The van der Waals surface area contributed by atoms with Gasteiger partial charge in [-0.3, -0.25) is 4.79 Å². The van der Waals surface area contributed by atoms with E-state index in [0.717, 1.165) is 23.1 Å². The van der Waals surface area contributed by atoms with Crippen molar-refractivity contribution in [2.45, 2.75) is 38.9 Å². The smallest absolute Gasteiger partial charge is 0.142 e. The largest absolute Gasteiger partial charge is 0.364 e. The van der Waals surface area contributed by atoms with Gasteiger partial charge >= 0.3 is 0 Å². The number of carbonyl (C=O) groups excluding carboxylic acids is 1. The quantitative estimate of drug-likeness (QED) is 0.298. The van der Waals surface area contributed by atoms with Gasteiger partial charge in [0.25, 0.3) is 0 Å². The van der Waals surface area contributed by atoms with Gasteiger partial charge < -0.3 is 4.74 Å². The van der Waals surface area contributed by atoms with E-state index in [-0.39, 0.29) is 24.0 Å². The number of hydrogen-bond acceptors (Lipinski definition) is 2. The van der Waals surface area contributed by atoms with Crippen LogP contribution in [0.5, 0.6) is 0 Å². The number of allylic oxidation sites excluding steroid dienone is 1. The Hall–Kier alpha value is -3.23. The van der Waals surface area contributed by atoms with E-state index in [0.29, 0.717) is 12.2 Å². The van der Waals surface area contributed by atoms with E-state index in [9.17, 15) is 4.79 Å². The lowest BCUT2D eigenvalue weighted by molar-refractivity contribution is -0.136. The molecule has 2 aliphatic rings. The molecule has 34 heavy (non-hydrogen) atoms. The molecule has 0 radical (unpaired) electrons. The molecule has 1 aliphatic heterocycles. The fourth-order valence-corrected chi connectivity index (χ4v) is 6.31. The average Bonchev–Trinajstić information content (AvgIpc) is 3.17. The number of hydrogen-bond donors (Lipinski definition) is 0. The van der Waals surface area contributed by atoms with Crippen molar-refractivity contribution in [3.63, 3.8) is 0 Å². The van der Waals surface area contributed by atoms with Gasteiger partial charge in [0.15, 0.2) is 0 Å². The van der Waals surface area contributed by atoms with Crippen LogP contribution in [0.15, 0.2) is 97.1 Å². The van der Waals surface area contributed by atoms with E-state index < -0.39 is 5.41 Å². The van der Waals surface area contributed by atoms with Crippen molar-refractivity contribution in [2.24, 2.45) is 17.3 Å². The molecule has 1 heterocycles. The zero-order valence-electron chi connectivity index (χ0n) is 19.8. The standard InChI is InChI=1S/C32H30O2/c1-20(2)27-18-28-30(25-14-12-21-8-4-6-10-23(21)16-25)34-31(32(28,3)29(33)19-27)26-15-13-22-9-5-7-11-24(22)17-26/h4-17,27-28,30-31H,1,18-19H2,2-3H3/t27-,28+,30-,31+,32-/m1/s1. The van der Waals surface area contributed by atoms with Gasteiger partial charge in [-0.25, -0.2) is 0 Å². The molecule has 170 valence electrons. The minimum atomic E-state index is -0.565. The Morgan fingerprint density at radius 1 is 0.853 bits per heavy atom. The van der Waals surface area contributed by atoms with Crippen LogP contribution in [-0.2, 0) is 9.53 Å². The lowest BCUT2D eigenvalue weighted by Crippen LogP contribution is -2.43. The number of Topliss-reactive ketones (excluding diaryl/α,β-unsaturated/α-hetero) is 1. The van der Waals surface area contributed by atoms with Gasteiger partial charge in [0.1, 0.15) is 5.78 Å². The number of carbonyl (C=O) groups is 1. The normalized spacial score (nSPS) is 28.8. The number of ether oxygens (including phenoxy) is 1. The second kappa shape index (κ2) is 7.92. The highest BCUT2D eigenvalue weighted by Gasteiger charge is 2.60. The monoisotopic (exact) mass is 446 g/mol. The molecule has 0 N–H and O–H groups in total. The molecule has 0 aromatic heterocycles. The summed E-state index contributed by atoms with van der Waals surface area (Å²) in [5, 5.41) is 4.81. The molecule has 5 atom stereocenters. The van der Waals surface area contributed by atoms with Gasteiger partial charge in [0.2, 0.25) is 0 Å². The number of fused-ring (bicyclic) bond motifs is 3. The Morgan fingerprint density at radius 2 is 1.41 bits per heavy atom. The molecule has 4 aromatic rings. The van der Waals surface area contributed by atoms with Gasteiger partial charge in [-0.2, -0.15) is 0 Å². The molecule has 0 unspecified atom stereocenters. The highest BCUT2D eigenvalue weighted by atomic mass is 16.5. The van der Waals surface area contributed by atoms with Crippen molar-refractivity contribution in [1.29, 1.82) is 0 Å². The lowest BCUT2D eigenvalue weighted by atomic mass is 9.58. The molecular formula is C32H30O2. The summed E-state index contributed by atoms with van der Waals surface area (Å²) >= 11 is 0. The van der Waals surface area contributed by atoms with Crippen LogP contribution in [0.2, 0.25) is 0 Å². The molecule has 1 aliphatic carbocycles. The Morgan fingerprint density at radius 3 is 2.03 bits per heavy atom. The van der Waals surface area contributed by atoms with Crippen LogP contribution in [-0.4, -0.2) is 5.78 Å². The van der Waals surface area contributed by atoms with E-state index in [2.05, 4.69) is 105 Å². The van der Waals surface area contributed by atoms with Gasteiger partial charge in [0, 0.05) is 12.3 Å². The summed E-state index contributed by atoms with van der Waals surface area (Å²) in [6, 6.07) is 29.9. The Balaban J connectivity index is 1.48. The fraction of sp³-hybridized carbons (Fsp3) is 0.281. The Kier molecular flexibility index (Phi) is 4.97. The first-order chi connectivity index (χ1) is 16.4. The maximum absolute atomic E-state index is 13.8. The van der Waals surface area contributed by atoms with Gasteiger partial charge in [0.05, 0.1) is 17.6 Å². The molecule has 0 spiro atoms. The molecule has 0 amide bonds. The topological polar surface area (TPSA) is 26.3 Å². The van der Waals surface area contributed by atoms with E-state index in [1.165, 1.54) is 21.5 Å². The molecule has 1 saturated heterocycles. The van der Waals surface area contributed by atoms with Crippen LogP contribution in [0.1, 0.15) is 50.0 Å². The molecule has 1 saturated carbocycles. The minimum Gasteiger partial charge on any atom is -0.364 e. The van der Waals surface area contributed by atoms with Crippen molar-refractivity contribution < 1.29 is 9.53 Å². The third-order valence-electron chi connectivity index (χ3n) is 8.41.